The van der Waals surface area contributed by atoms with E-state index in [0.717, 1.165) is 19.5 Å². The molecule has 8 heteroatoms. The molecule has 0 amide bonds. The van der Waals surface area contributed by atoms with Gasteiger partial charge in [-0.25, -0.2) is 5.84 Å². The monoisotopic (exact) mass is 280 g/mol. The number of anilines is 3. The number of hydrogen-bond donors (Lipinski definition) is 3. The van der Waals surface area contributed by atoms with Crippen LogP contribution in [0.1, 0.15) is 19.8 Å². The molecule has 1 aromatic heterocycles. The molecule has 8 nitrogen and oxygen atoms in total. The molecule has 112 valence electrons. The third-order valence-electron chi connectivity index (χ3n) is 3.44. The predicted octanol–water partition coefficient (Wildman–Crippen LogP) is 0.119. The summed E-state index contributed by atoms with van der Waals surface area (Å²) < 4.78 is 0. The van der Waals surface area contributed by atoms with E-state index in [2.05, 4.69) is 37.5 Å². The zero-order chi connectivity index (χ0) is 14.5. The molecule has 1 aliphatic heterocycles. The lowest BCUT2D eigenvalue weighted by atomic mass is 10.1. The molecule has 0 spiro atoms. The van der Waals surface area contributed by atoms with Crippen LogP contribution in [0.2, 0.25) is 0 Å². The molecule has 0 aromatic carbocycles. The number of aromatic nitrogens is 3. The zero-order valence-electron chi connectivity index (χ0n) is 12.4. The van der Waals surface area contributed by atoms with Crippen LogP contribution in [0.15, 0.2) is 0 Å². The third-order valence-corrected chi connectivity index (χ3v) is 3.44. The van der Waals surface area contributed by atoms with Crippen LogP contribution in [0.3, 0.4) is 0 Å². The molecule has 0 saturated carbocycles. The molecular formula is C12H24N8. The van der Waals surface area contributed by atoms with Crippen LogP contribution in [0.5, 0.6) is 0 Å². The lowest BCUT2D eigenvalue weighted by Gasteiger charge is -2.32. The average molecular weight is 280 g/mol. The van der Waals surface area contributed by atoms with Gasteiger partial charge in [0.15, 0.2) is 0 Å². The second-order valence-corrected chi connectivity index (χ2v) is 5.20. The van der Waals surface area contributed by atoms with Crippen molar-refractivity contribution in [3.63, 3.8) is 0 Å². The maximum Gasteiger partial charge on any atom is 0.243 e. The Balaban J connectivity index is 2.09. The van der Waals surface area contributed by atoms with Crippen molar-refractivity contribution >= 4 is 17.8 Å². The van der Waals surface area contributed by atoms with Crippen LogP contribution in [-0.2, 0) is 0 Å². The minimum Gasteiger partial charge on any atom is -0.350 e. The topological polar surface area (TPSA) is 95.2 Å². The Morgan fingerprint density at radius 3 is 2.70 bits per heavy atom. The van der Waals surface area contributed by atoms with Gasteiger partial charge in [-0.15, -0.1) is 0 Å². The van der Waals surface area contributed by atoms with Gasteiger partial charge in [0.25, 0.3) is 0 Å². The second-order valence-electron chi connectivity index (χ2n) is 5.20. The number of likely N-dealkylation sites (tertiary alicyclic amines) is 1. The highest BCUT2D eigenvalue weighted by Gasteiger charge is 2.20. The van der Waals surface area contributed by atoms with Gasteiger partial charge in [-0.2, -0.15) is 15.0 Å². The first-order valence-corrected chi connectivity index (χ1v) is 7.01. The summed E-state index contributed by atoms with van der Waals surface area (Å²) in [6.07, 6.45) is 2.32. The van der Waals surface area contributed by atoms with Gasteiger partial charge in [0.2, 0.25) is 17.8 Å². The number of nitrogens with zero attached hydrogens (tertiary/aromatic N) is 5. The quantitative estimate of drug-likeness (QED) is 0.517. The zero-order valence-corrected chi connectivity index (χ0v) is 12.4. The standard InChI is InChI=1S/C12H24N8/c1-4-20-7-5-6-9(8-20)14-10-15-11(18-13)17-12(16-10)19(2)3/h9H,4-8,13H2,1-3H3,(H2,14,15,16,17,18). The van der Waals surface area contributed by atoms with Crippen molar-refractivity contribution in [1.29, 1.82) is 0 Å². The first kappa shape index (κ1) is 14.7. The molecule has 2 rings (SSSR count). The highest BCUT2D eigenvalue weighted by atomic mass is 15.4. The fraction of sp³-hybridized carbons (Fsp3) is 0.750. The summed E-state index contributed by atoms with van der Waals surface area (Å²) in [5.74, 6) is 6.93. The van der Waals surface area contributed by atoms with E-state index in [1.54, 1.807) is 0 Å². The van der Waals surface area contributed by atoms with Crippen molar-refractivity contribution in [3.8, 4) is 0 Å². The number of nitrogen functional groups attached to an aromatic ring is 1. The van der Waals surface area contributed by atoms with Gasteiger partial charge < -0.3 is 15.1 Å². The Hall–Kier alpha value is -1.67. The fourth-order valence-corrected chi connectivity index (χ4v) is 2.34. The Labute approximate surface area is 119 Å². The molecule has 1 saturated heterocycles. The number of nitrogens with one attached hydrogen (secondary N) is 2. The van der Waals surface area contributed by atoms with Crippen molar-refractivity contribution in [2.45, 2.75) is 25.8 Å². The minimum absolute atomic E-state index is 0.367. The number of hydrogen-bond acceptors (Lipinski definition) is 8. The summed E-state index contributed by atoms with van der Waals surface area (Å²) in [6, 6.07) is 0.367. The molecule has 1 aliphatic rings. The van der Waals surface area contributed by atoms with Gasteiger partial charge >= 0.3 is 0 Å². The van der Waals surface area contributed by atoms with E-state index < -0.39 is 0 Å². The summed E-state index contributed by atoms with van der Waals surface area (Å²) in [5, 5.41) is 3.39. The van der Waals surface area contributed by atoms with Crippen LogP contribution in [-0.4, -0.2) is 59.6 Å². The van der Waals surface area contributed by atoms with Crippen LogP contribution in [0.4, 0.5) is 17.8 Å². The van der Waals surface area contributed by atoms with Crippen molar-refractivity contribution in [3.05, 3.63) is 0 Å². The fourth-order valence-electron chi connectivity index (χ4n) is 2.34. The van der Waals surface area contributed by atoms with Gasteiger partial charge in [-0.3, -0.25) is 5.43 Å². The molecule has 20 heavy (non-hydrogen) atoms. The molecule has 0 bridgehead atoms. The van der Waals surface area contributed by atoms with Gasteiger partial charge in [0, 0.05) is 26.7 Å². The van der Waals surface area contributed by atoms with Crippen molar-refractivity contribution < 1.29 is 0 Å². The van der Waals surface area contributed by atoms with Crippen LogP contribution in [0.25, 0.3) is 0 Å². The van der Waals surface area contributed by atoms with E-state index in [9.17, 15) is 0 Å². The molecule has 1 aromatic rings. The van der Waals surface area contributed by atoms with Crippen molar-refractivity contribution in [2.75, 3.05) is 49.4 Å². The van der Waals surface area contributed by atoms with Crippen LogP contribution >= 0.6 is 0 Å². The average Bonchev–Trinajstić information content (AvgIpc) is 2.47. The predicted molar refractivity (Wildman–Crippen MR) is 80.7 cm³/mol. The lowest BCUT2D eigenvalue weighted by molar-refractivity contribution is 0.226. The molecule has 0 radical (unpaired) electrons. The SMILES string of the molecule is CCN1CCCC(Nc2nc(NN)nc(N(C)C)n2)C1. The van der Waals surface area contributed by atoms with Crippen LogP contribution in [0, 0.1) is 0 Å². The number of likely N-dealkylation sites (N-methyl/N-ethyl adjacent to an activating group) is 1. The highest BCUT2D eigenvalue weighted by molar-refractivity contribution is 5.42. The van der Waals surface area contributed by atoms with E-state index in [1.165, 1.54) is 13.0 Å². The summed E-state index contributed by atoms with van der Waals surface area (Å²) in [6.45, 7) is 5.45. The lowest BCUT2D eigenvalue weighted by Crippen LogP contribution is -2.42. The summed E-state index contributed by atoms with van der Waals surface area (Å²) in [5.41, 5.74) is 2.48. The first-order chi connectivity index (χ1) is 9.62. The number of nitrogens with two attached hydrogens (primary N) is 1. The second kappa shape index (κ2) is 6.67. The summed E-state index contributed by atoms with van der Waals surface area (Å²) >= 11 is 0. The summed E-state index contributed by atoms with van der Waals surface area (Å²) in [7, 11) is 3.78. The van der Waals surface area contributed by atoms with Gasteiger partial charge in [-0.05, 0) is 25.9 Å². The molecule has 2 heterocycles. The normalized spacial score (nSPS) is 19.7. The van der Waals surface area contributed by atoms with E-state index >= 15 is 0 Å². The van der Waals surface area contributed by atoms with Crippen molar-refractivity contribution in [1.82, 2.24) is 19.9 Å². The molecule has 0 aliphatic carbocycles. The molecule has 1 unspecified atom stereocenters. The van der Waals surface area contributed by atoms with Crippen molar-refractivity contribution in [2.24, 2.45) is 5.84 Å². The Bertz CT molecular complexity index is 435. The maximum atomic E-state index is 5.41. The van der Waals surface area contributed by atoms with E-state index in [4.69, 9.17) is 5.84 Å². The Kier molecular flexibility index (Phi) is 4.91. The molecule has 1 fully saturated rings. The minimum atomic E-state index is 0.367. The maximum absolute atomic E-state index is 5.41. The highest BCUT2D eigenvalue weighted by Crippen LogP contribution is 2.16. The van der Waals surface area contributed by atoms with E-state index in [0.29, 0.717) is 23.9 Å². The Morgan fingerprint density at radius 1 is 1.30 bits per heavy atom. The van der Waals surface area contributed by atoms with Gasteiger partial charge in [0.1, 0.15) is 0 Å². The Morgan fingerprint density at radius 2 is 2.05 bits per heavy atom. The smallest absolute Gasteiger partial charge is 0.243 e. The van der Waals surface area contributed by atoms with E-state index in [-0.39, 0.29) is 0 Å². The van der Waals surface area contributed by atoms with Gasteiger partial charge in [-0.1, -0.05) is 6.92 Å². The van der Waals surface area contributed by atoms with Gasteiger partial charge in [0.05, 0.1) is 0 Å². The van der Waals surface area contributed by atoms with E-state index in [1.807, 2.05) is 19.0 Å². The third kappa shape index (κ3) is 3.67. The molecular weight excluding hydrogens is 256 g/mol. The largest absolute Gasteiger partial charge is 0.350 e. The molecule has 1 atom stereocenters. The number of piperidine rings is 1. The first-order valence-electron chi connectivity index (χ1n) is 7.01. The molecule has 4 N–H and O–H groups in total. The number of hydrazine groups is 1. The summed E-state index contributed by atoms with van der Waals surface area (Å²) in [4.78, 5) is 17.1. The number of rotatable bonds is 5. The van der Waals surface area contributed by atoms with Crippen LogP contribution < -0.4 is 21.5 Å².